The van der Waals surface area contributed by atoms with E-state index in [1.165, 1.54) is 18.4 Å². The van der Waals surface area contributed by atoms with Crippen LogP contribution in [-0.4, -0.2) is 12.6 Å². The SMILES string of the molecule is N#CC(c1ccccc1)(c1ccccc1)C1CCCC(NCCCc2ccccc2)C1. The molecule has 0 spiro atoms. The highest BCUT2D eigenvalue weighted by Gasteiger charge is 2.44. The van der Waals surface area contributed by atoms with Crippen molar-refractivity contribution in [3.63, 3.8) is 0 Å². The largest absolute Gasteiger partial charge is 0.314 e. The summed E-state index contributed by atoms with van der Waals surface area (Å²) in [6.07, 6.45) is 6.77. The lowest BCUT2D eigenvalue weighted by Crippen LogP contribution is -2.43. The van der Waals surface area contributed by atoms with Gasteiger partial charge in [-0.1, -0.05) is 97.4 Å². The summed E-state index contributed by atoms with van der Waals surface area (Å²) in [5.41, 5.74) is 3.06. The van der Waals surface area contributed by atoms with Crippen molar-refractivity contribution in [2.75, 3.05) is 6.54 Å². The Bertz CT molecular complexity index is 920. The van der Waals surface area contributed by atoms with E-state index in [1.807, 2.05) is 12.1 Å². The molecule has 3 aromatic rings. The van der Waals surface area contributed by atoms with Gasteiger partial charge in [0.15, 0.2) is 0 Å². The van der Waals surface area contributed by atoms with E-state index < -0.39 is 5.41 Å². The molecule has 2 heteroatoms. The van der Waals surface area contributed by atoms with Crippen molar-refractivity contribution < 1.29 is 0 Å². The molecule has 4 rings (SSSR count). The highest BCUT2D eigenvalue weighted by atomic mass is 14.9. The van der Waals surface area contributed by atoms with E-state index in [-0.39, 0.29) is 0 Å². The first-order valence-corrected chi connectivity index (χ1v) is 11.6. The molecule has 1 N–H and O–H groups in total. The Morgan fingerprint density at radius 1 is 0.806 bits per heavy atom. The molecular weight excluding hydrogens is 376 g/mol. The Morgan fingerprint density at radius 2 is 1.39 bits per heavy atom. The summed E-state index contributed by atoms with van der Waals surface area (Å²) in [5.74, 6) is 0.308. The topological polar surface area (TPSA) is 35.8 Å². The fourth-order valence-corrected chi connectivity index (χ4v) is 5.27. The number of nitrogens with zero attached hydrogens (tertiary/aromatic N) is 1. The molecule has 2 atom stereocenters. The molecule has 2 unspecified atom stereocenters. The third-order valence-electron chi connectivity index (χ3n) is 6.84. The molecule has 0 saturated heterocycles. The van der Waals surface area contributed by atoms with Crippen LogP contribution in [-0.2, 0) is 11.8 Å². The van der Waals surface area contributed by atoms with Crippen LogP contribution in [0.1, 0.15) is 48.8 Å². The van der Waals surface area contributed by atoms with E-state index >= 15 is 0 Å². The van der Waals surface area contributed by atoms with Crippen LogP contribution in [0.4, 0.5) is 0 Å². The van der Waals surface area contributed by atoms with Crippen LogP contribution in [0.15, 0.2) is 91.0 Å². The zero-order chi connectivity index (χ0) is 21.4. The highest BCUT2D eigenvalue weighted by Crippen LogP contribution is 2.45. The van der Waals surface area contributed by atoms with Gasteiger partial charge in [-0.2, -0.15) is 5.26 Å². The lowest BCUT2D eigenvalue weighted by molar-refractivity contribution is 0.234. The van der Waals surface area contributed by atoms with Gasteiger partial charge in [0.1, 0.15) is 5.41 Å². The molecule has 1 fully saturated rings. The molecule has 3 aromatic carbocycles. The summed E-state index contributed by atoms with van der Waals surface area (Å²) in [6, 6.07) is 34.8. The number of nitrogens with one attached hydrogen (secondary N) is 1. The van der Waals surface area contributed by atoms with Gasteiger partial charge in [0, 0.05) is 6.04 Å². The Morgan fingerprint density at radius 3 is 1.97 bits per heavy atom. The van der Waals surface area contributed by atoms with Gasteiger partial charge in [0.2, 0.25) is 0 Å². The smallest absolute Gasteiger partial charge is 0.110 e. The molecule has 0 heterocycles. The van der Waals surface area contributed by atoms with Crippen LogP contribution in [0.5, 0.6) is 0 Å². The first-order chi connectivity index (χ1) is 15.3. The molecule has 1 saturated carbocycles. The first-order valence-electron chi connectivity index (χ1n) is 11.6. The van der Waals surface area contributed by atoms with Gasteiger partial charge >= 0.3 is 0 Å². The van der Waals surface area contributed by atoms with Gasteiger partial charge in [0.05, 0.1) is 6.07 Å². The van der Waals surface area contributed by atoms with E-state index in [1.54, 1.807) is 0 Å². The maximum absolute atomic E-state index is 10.6. The molecule has 0 amide bonds. The third-order valence-corrected chi connectivity index (χ3v) is 6.84. The number of nitriles is 1. The van der Waals surface area contributed by atoms with Crippen LogP contribution in [0.2, 0.25) is 0 Å². The number of hydrogen-bond donors (Lipinski definition) is 1. The summed E-state index contributed by atoms with van der Waals surface area (Å²) in [7, 11) is 0. The molecule has 0 aromatic heterocycles. The van der Waals surface area contributed by atoms with Gasteiger partial charge in [0.25, 0.3) is 0 Å². The minimum Gasteiger partial charge on any atom is -0.314 e. The minimum atomic E-state index is -0.590. The van der Waals surface area contributed by atoms with Crippen molar-refractivity contribution in [2.45, 2.75) is 50.0 Å². The minimum absolute atomic E-state index is 0.308. The molecule has 1 aliphatic carbocycles. The van der Waals surface area contributed by atoms with Crippen molar-refractivity contribution in [3.8, 4) is 6.07 Å². The molecule has 0 radical (unpaired) electrons. The predicted octanol–water partition coefficient (Wildman–Crippen LogP) is 6.28. The van der Waals surface area contributed by atoms with Gasteiger partial charge in [-0.15, -0.1) is 0 Å². The van der Waals surface area contributed by atoms with Crippen LogP contribution in [0.3, 0.4) is 0 Å². The van der Waals surface area contributed by atoms with Crippen LogP contribution >= 0.6 is 0 Å². The first kappa shape index (κ1) is 21.3. The molecule has 2 nitrogen and oxygen atoms in total. The Hall–Kier alpha value is -2.89. The average Bonchev–Trinajstić information content (AvgIpc) is 2.85. The molecule has 0 aliphatic heterocycles. The predicted molar refractivity (Wildman–Crippen MR) is 128 cm³/mol. The summed E-state index contributed by atoms with van der Waals surface area (Å²) in [5, 5.41) is 14.4. The van der Waals surface area contributed by atoms with E-state index in [4.69, 9.17) is 0 Å². The monoisotopic (exact) mass is 408 g/mol. The van der Waals surface area contributed by atoms with Crippen molar-refractivity contribution in [3.05, 3.63) is 108 Å². The van der Waals surface area contributed by atoms with Gasteiger partial charge in [-0.3, -0.25) is 0 Å². The highest BCUT2D eigenvalue weighted by molar-refractivity contribution is 5.47. The number of benzene rings is 3. The van der Waals surface area contributed by atoms with Crippen LogP contribution < -0.4 is 5.32 Å². The Labute approximate surface area is 186 Å². The fourth-order valence-electron chi connectivity index (χ4n) is 5.27. The lowest BCUT2D eigenvalue weighted by atomic mass is 9.61. The Balaban J connectivity index is 1.48. The quantitative estimate of drug-likeness (QED) is 0.445. The number of rotatable bonds is 8. The van der Waals surface area contributed by atoms with E-state index in [0.717, 1.165) is 43.4 Å². The third kappa shape index (κ3) is 4.89. The number of aryl methyl sites for hydroxylation is 1. The van der Waals surface area contributed by atoms with Crippen LogP contribution in [0, 0.1) is 17.2 Å². The zero-order valence-corrected chi connectivity index (χ0v) is 18.2. The van der Waals surface area contributed by atoms with Gasteiger partial charge in [-0.05, 0) is 61.3 Å². The van der Waals surface area contributed by atoms with Crippen molar-refractivity contribution in [1.82, 2.24) is 5.32 Å². The van der Waals surface area contributed by atoms with E-state index in [0.29, 0.717) is 12.0 Å². The van der Waals surface area contributed by atoms with Gasteiger partial charge in [-0.25, -0.2) is 0 Å². The molecule has 1 aliphatic rings. The maximum Gasteiger partial charge on any atom is 0.110 e. The zero-order valence-electron chi connectivity index (χ0n) is 18.2. The standard InChI is InChI=1S/C29H32N2/c30-23-29(25-15-6-2-7-16-25,26-17-8-3-9-18-26)27-19-10-20-28(22-27)31-21-11-14-24-12-4-1-5-13-24/h1-9,12-13,15-18,27-28,31H,10-11,14,19-22H2. The second-order valence-corrected chi connectivity index (χ2v) is 8.76. The fraction of sp³-hybridized carbons (Fsp3) is 0.345. The van der Waals surface area contributed by atoms with Crippen molar-refractivity contribution >= 4 is 0 Å². The Kier molecular flexibility index (Phi) is 7.18. The second kappa shape index (κ2) is 10.4. The maximum atomic E-state index is 10.6. The molecule has 158 valence electrons. The summed E-state index contributed by atoms with van der Waals surface area (Å²) < 4.78 is 0. The van der Waals surface area contributed by atoms with Crippen molar-refractivity contribution in [1.29, 1.82) is 5.26 Å². The normalized spacial score (nSPS) is 18.9. The van der Waals surface area contributed by atoms with Crippen LogP contribution in [0.25, 0.3) is 0 Å². The van der Waals surface area contributed by atoms with E-state index in [9.17, 15) is 5.26 Å². The van der Waals surface area contributed by atoms with E-state index in [2.05, 4.69) is 90.2 Å². The summed E-state index contributed by atoms with van der Waals surface area (Å²) in [6.45, 7) is 1.03. The molecule has 31 heavy (non-hydrogen) atoms. The summed E-state index contributed by atoms with van der Waals surface area (Å²) in [4.78, 5) is 0. The lowest BCUT2D eigenvalue weighted by Gasteiger charge is -2.41. The molecular formula is C29H32N2. The van der Waals surface area contributed by atoms with Crippen molar-refractivity contribution in [2.24, 2.45) is 5.92 Å². The second-order valence-electron chi connectivity index (χ2n) is 8.76. The summed E-state index contributed by atoms with van der Waals surface area (Å²) >= 11 is 0. The number of hydrogen-bond acceptors (Lipinski definition) is 2. The van der Waals surface area contributed by atoms with Gasteiger partial charge < -0.3 is 5.32 Å². The average molecular weight is 409 g/mol. The molecule has 0 bridgehead atoms.